The summed E-state index contributed by atoms with van der Waals surface area (Å²) in [6.45, 7) is 6.36. The number of carbonyl (C=O) groups excluding carboxylic acids is 1. The zero-order chi connectivity index (χ0) is 16.2. The van der Waals surface area contributed by atoms with Crippen molar-refractivity contribution in [1.82, 2.24) is 9.88 Å². The van der Waals surface area contributed by atoms with Crippen molar-refractivity contribution in [2.24, 2.45) is 0 Å². The van der Waals surface area contributed by atoms with Gasteiger partial charge in [-0.2, -0.15) is 0 Å². The summed E-state index contributed by atoms with van der Waals surface area (Å²) in [5, 5.41) is 0. The molecule has 23 heavy (non-hydrogen) atoms. The Hall–Kier alpha value is -1.50. The normalized spacial score (nSPS) is 25.5. The zero-order valence-corrected chi connectivity index (χ0v) is 13.9. The predicted octanol–water partition coefficient (Wildman–Crippen LogP) is 1.23. The molecule has 2 aliphatic rings. The van der Waals surface area contributed by atoms with E-state index in [-0.39, 0.29) is 18.1 Å². The van der Waals surface area contributed by atoms with Crippen LogP contribution < -0.4 is 4.90 Å². The summed E-state index contributed by atoms with van der Waals surface area (Å²) in [6, 6.07) is 1.91. The second kappa shape index (κ2) is 7.38. The van der Waals surface area contributed by atoms with Crippen LogP contribution in [0.25, 0.3) is 0 Å². The Labute approximate surface area is 137 Å². The summed E-state index contributed by atoms with van der Waals surface area (Å²) in [7, 11) is 1.80. The van der Waals surface area contributed by atoms with Gasteiger partial charge in [-0.25, -0.2) is 0 Å². The Kier molecular flexibility index (Phi) is 5.25. The van der Waals surface area contributed by atoms with Crippen LogP contribution >= 0.6 is 0 Å². The predicted molar refractivity (Wildman–Crippen MR) is 87.5 cm³/mol. The number of likely N-dealkylation sites (N-methyl/N-ethyl adjacent to an activating group) is 1. The Morgan fingerprint density at radius 2 is 2.17 bits per heavy atom. The van der Waals surface area contributed by atoms with Crippen molar-refractivity contribution in [1.29, 1.82) is 0 Å². The molecule has 1 amide bonds. The van der Waals surface area contributed by atoms with E-state index in [4.69, 9.17) is 9.47 Å². The summed E-state index contributed by atoms with van der Waals surface area (Å²) in [5.41, 5.74) is 1.89. The maximum absolute atomic E-state index is 12.7. The molecule has 126 valence electrons. The minimum atomic E-state index is -0.342. The standard InChI is InChI=1S/C17H25N3O3/c1-13-5-6-18-11-15(13)19(2)17(21)16-4-3-14(23-16)12-20-7-9-22-10-8-20/h5-6,11,14,16H,3-4,7-10,12H2,1-2H3/t14-,16+/m1/s1. The molecule has 1 aromatic rings. The summed E-state index contributed by atoms with van der Waals surface area (Å²) in [4.78, 5) is 20.8. The van der Waals surface area contributed by atoms with Gasteiger partial charge in [0.2, 0.25) is 0 Å². The maximum atomic E-state index is 12.7. The first-order valence-electron chi connectivity index (χ1n) is 8.29. The van der Waals surface area contributed by atoms with Crippen molar-refractivity contribution >= 4 is 11.6 Å². The number of hydrogen-bond acceptors (Lipinski definition) is 5. The van der Waals surface area contributed by atoms with Gasteiger partial charge in [0.1, 0.15) is 6.10 Å². The number of morpholine rings is 1. The summed E-state index contributed by atoms with van der Waals surface area (Å²) in [5.74, 6) is 0.0191. The molecule has 6 heteroatoms. The Morgan fingerprint density at radius 3 is 2.91 bits per heavy atom. The molecule has 2 atom stereocenters. The van der Waals surface area contributed by atoms with Crippen LogP contribution in [0.3, 0.4) is 0 Å². The van der Waals surface area contributed by atoms with E-state index in [0.717, 1.165) is 56.9 Å². The van der Waals surface area contributed by atoms with Gasteiger partial charge in [0.05, 0.1) is 31.2 Å². The van der Waals surface area contributed by atoms with Gasteiger partial charge in [-0.3, -0.25) is 14.7 Å². The van der Waals surface area contributed by atoms with E-state index >= 15 is 0 Å². The van der Waals surface area contributed by atoms with E-state index in [1.54, 1.807) is 24.3 Å². The third-order valence-corrected chi connectivity index (χ3v) is 4.65. The van der Waals surface area contributed by atoms with E-state index < -0.39 is 0 Å². The van der Waals surface area contributed by atoms with Crippen LogP contribution in [0.4, 0.5) is 5.69 Å². The molecule has 0 bridgehead atoms. The van der Waals surface area contributed by atoms with E-state index in [0.29, 0.717) is 0 Å². The molecular formula is C17H25N3O3. The topological polar surface area (TPSA) is 54.9 Å². The van der Waals surface area contributed by atoms with Crippen molar-refractivity contribution < 1.29 is 14.3 Å². The first-order chi connectivity index (χ1) is 11.1. The number of rotatable bonds is 4. The molecule has 1 aromatic heterocycles. The number of nitrogens with zero attached hydrogens (tertiary/aromatic N) is 3. The number of ether oxygens (including phenoxy) is 2. The molecule has 0 unspecified atom stereocenters. The van der Waals surface area contributed by atoms with E-state index in [2.05, 4.69) is 9.88 Å². The van der Waals surface area contributed by atoms with Crippen LogP contribution in [0.5, 0.6) is 0 Å². The van der Waals surface area contributed by atoms with Crippen molar-refractivity contribution in [3.8, 4) is 0 Å². The second-order valence-corrected chi connectivity index (χ2v) is 6.30. The molecule has 2 fully saturated rings. The number of anilines is 1. The van der Waals surface area contributed by atoms with Crippen LogP contribution in [0.2, 0.25) is 0 Å². The minimum absolute atomic E-state index is 0.0191. The fraction of sp³-hybridized carbons (Fsp3) is 0.647. The van der Waals surface area contributed by atoms with Crippen LogP contribution in [0, 0.1) is 6.92 Å². The number of aryl methyl sites for hydroxylation is 1. The highest BCUT2D eigenvalue weighted by molar-refractivity contribution is 5.96. The molecule has 2 aliphatic heterocycles. The highest BCUT2D eigenvalue weighted by atomic mass is 16.5. The molecule has 0 spiro atoms. The SMILES string of the molecule is Cc1ccncc1N(C)C(=O)[C@@H]1CC[C@H](CN2CCOCC2)O1. The summed E-state index contributed by atoms with van der Waals surface area (Å²) >= 11 is 0. The van der Waals surface area contributed by atoms with Crippen molar-refractivity contribution in [3.63, 3.8) is 0 Å². The van der Waals surface area contributed by atoms with Crippen molar-refractivity contribution in [2.75, 3.05) is 44.8 Å². The van der Waals surface area contributed by atoms with Gasteiger partial charge >= 0.3 is 0 Å². The molecule has 2 saturated heterocycles. The van der Waals surface area contributed by atoms with Crippen LogP contribution in [0.15, 0.2) is 18.5 Å². The molecule has 3 heterocycles. The number of aromatic nitrogens is 1. The van der Waals surface area contributed by atoms with Gasteiger partial charge in [0.15, 0.2) is 0 Å². The number of pyridine rings is 1. The lowest BCUT2D eigenvalue weighted by atomic mass is 10.1. The second-order valence-electron chi connectivity index (χ2n) is 6.30. The van der Waals surface area contributed by atoms with Gasteiger partial charge in [-0.15, -0.1) is 0 Å². The Balaban J connectivity index is 1.55. The van der Waals surface area contributed by atoms with Crippen LogP contribution in [-0.4, -0.2) is 67.9 Å². The number of amides is 1. The van der Waals surface area contributed by atoms with Gasteiger partial charge in [-0.1, -0.05) is 0 Å². The molecule has 0 saturated carbocycles. The van der Waals surface area contributed by atoms with E-state index in [1.807, 2.05) is 13.0 Å². The fourth-order valence-corrected chi connectivity index (χ4v) is 3.23. The smallest absolute Gasteiger partial charge is 0.255 e. The monoisotopic (exact) mass is 319 g/mol. The lowest BCUT2D eigenvalue weighted by Gasteiger charge is -2.29. The molecule has 3 rings (SSSR count). The first kappa shape index (κ1) is 16.4. The number of carbonyl (C=O) groups is 1. The fourth-order valence-electron chi connectivity index (χ4n) is 3.23. The lowest BCUT2D eigenvalue weighted by Crippen LogP contribution is -2.42. The number of hydrogen-bond donors (Lipinski definition) is 0. The Morgan fingerprint density at radius 1 is 1.39 bits per heavy atom. The first-order valence-corrected chi connectivity index (χ1v) is 8.29. The largest absolute Gasteiger partial charge is 0.379 e. The van der Waals surface area contributed by atoms with E-state index in [9.17, 15) is 4.79 Å². The highest BCUT2D eigenvalue weighted by Gasteiger charge is 2.34. The third kappa shape index (κ3) is 3.88. The van der Waals surface area contributed by atoms with Gasteiger partial charge in [0, 0.05) is 32.9 Å². The van der Waals surface area contributed by atoms with Crippen LogP contribution in [-0.2, 0) is 14.3 Å². The summed E-state index contributed by atoms with van der Waals surface area (Å²) in [6.07, 6.45) is 5.00. The third-order valence-electron chi connectivity index (χ3n) is 4.65. The van der Waals surface area contributed by atoms with Crippen molar-refractivity contribution in [3.05, 3.63) is 24.0 Å². The Bertz CT molecular complexity index is 546. The highest BCUT2D eigenvalue weighted by Crippen LogP contribution is 2.25. The van der Waals surface area contributed by atoms with E-state index in [1.165, 1.54) is 0 Å². The van der Waals surface area contributed by atoms with Crippen LogP contribution in [0.1, 0.15) is 18.4 Å². The van der Waals surface area contributed by atoms with Crippen molar-refractivity contribution in [2.45, 2.75) is 32.0 Å². The van der Waals surface area contributed by atoms with Gasteiger partial charge in [-0.05, 0) is 31.4 Å². The van der Waals surface area contributed by atoms with Gasteiger partial charge < -0.3 is 14.4 Å². The lowest BCUT2D eigenvalue weighted by molar-refractivity contribution is -0.129. The quantitative estimate of drug-likeness (QED) is 0.835. The zero-order valence-electron chi connectivity index (χ0n) is 13.9. The molecular weight excluding hydrogens is 294 g/mol. The van der Waals surface area contributed by atoms with Gasteiger partial charge in [0.25, 0.3) is 5.91 Å². The molecule has 0 aliphatic carbocycles. The molecule has 6 nitrogen and oxygen atoms in total. The average molecular weight is 319 g/mol. The maximum Gasteiger partial charge on any atom is 0.255 e. The molecule has 0 N–H and O–H groups in total. The molecule has 0 radical (unpaired) electrons. The summed E-state index contributed by atoms with van der Waals surface area (Å²) < 4.78 is 11.4. The molecule has 0 aromatic carbocycles. The minimum Gasteiger partial charge on any atom is -0.379 e. The average Bonchev–Trinajstić information content (AvgIpc) is 3.03.